The van der Waals surface area contributed by atoms with Crippen molar-refractivity contribution >= 4 is 5.97 Å². The first-order valence-corrected chi connectivity index (χ1v) is 7.73. The van der Waals surface area contributed by atoms with Crippen molar-refractivity contribution in [3.05, 3.63) is 0 Å². The molecule has 1 fully saturated rings. The van der Waals surface area contributed by atoms with E-state index in [4.69, 9.17) is 14.2 Å². The fourth-order valence-corrected chi connectivity index (χ4v) is 2.64. The maximum Gasteiger partial charge on any atom is 0.307 e. The molecule has 0 aromatic carbocycles. The molecule has 0 aliphatic carbocycles. The number of carbonyl (C=O) groups excluding carboxylic acids is 1. The molecule has 1 rings (SSSR count). The number of carbonyl (C=O) groups is 1. The van der Waals surface area contributed by atoms with Gasteiger partial charge in [0.15, 0.2) is 5.79 Å². The van der Waals surface area contributed by atoms with Gasteiger partial charge in [-0.2, -0.15) is 0 Å². The fraction of sp³-hybridized carbons (Fsp3) is 0.938. The zero-order chi connectivity index (χ0) is 16.4. The predicted molar refractivity (Wildman–Crippen MR) is 82.0 cm³/mol. The normalized spacial score (nSPS) is 26.9. The van der Waals surface area contributed by atoms with Crippen molar-refractivity contribution < 1.29 is 19.0 Å². The monoisotopic (exact) mass is 301 g/mol. The molecule has 0 amide bonds. The van der Waals surface area contributed by atoms with Gasteiger partial charge in [0, 0.05) is 12.1 Å². The zero-order valence-corrected chi connectivity index (χ0v) is 14.6. The lowest BCUT2D eigenvalue weighted by atomic mass is 10.0. The lowest BCUT2D eigenvalue weighted by Crippen LogP contribution is -2.49. The summed E-state index contributed by atoms with van der Waals surface area (Å²) in [7, 11) is 0. The van der Waals surface area contributed by atoms with Crippen molar-refractivity contribution in [1.82, 2.24) is 5.32 Å². The molecule has 0 aromatic heterocycles. The summed E-state index contributed by atoms with van der Waals surface area (Å²) < 4.78 is 17.2. The highest BCUT2D eigenvalue weighted by atomic mass is 16.8. The Hall–Kier alpha value is -0.650. The van der Waals surface area contributed by atoms with Gasteiger partial charge in [-0.05, 0) is 41.5 Å². The lowest BCUT2D eigenvalue weighted by molar-refractivity contribution is -0.160. The van der Waals surface area contributed by atoms with Crippen molar-refractivity contribution in [3.8, 4) is 0 Å². The van der Waals surface area contributed by atoms with Gasteiger partial charge in [0.25, 0.3) is 0 Å². The Morgan fingerprint density at radius 2 is 1.86 bits per heavy atom. The van der Waals surface area contributed by atoms with Crippen LogP contribution >= 0.6 is 0 Å². The van der Waals surface area contributed by atoms with E-state index in [1.807, 2.05) is 55.4 Å². The number of nitrogens with one attached hydrogen (secondary N) is 1. The molecule has 0 radical (unpaired) electrons. The van der Waals surface area contributed by atoms with Crippen LogP contribution in [-0.4, -0.2) is 41.6 Å². The molecule has 1 heterocycles. The first-order chi connectivity index (χ1) is 9.39. The molecule has 0 aromatic rings. The van der Waals surface area contributed by atoms with Gasteiger partial charge in [0.2, 0.25) is 0 Å². The molecule has 1 N–H and O–H groups in total. The Labute approximate surface area is 128 Å². The highest BCUT2D eigenvalue weighted by molar-refractivity contribution is 5.70. The Morgan fingerprint density at radius 1 is 1.29 bits per heavy atom. The Morgan fingerprint density at radius 3 is 2.24 bits per heavy atom. The summed E-state index contributed by atoms with van der Waals surface area (Å²) >= 11 is 0. The second kappa shape index (κ2) is 6.63. The van der Waals surface area contributed by atoms with E-state index >= 15 is 0 Å². The van der Waals surface area contributed by atoms with Crippen LogP contribution in [0, 0.1) is 0 Å². The smallest absolute Gasteiger partial charge is 0.307 e. The number of hydrogen-bond acceptors (Lipinski definition) is 5. The molecule has 0 saturated carbocycles. The van der Waals surface area contributed by atoms with Gasteiger partial charge in [-0.1, -0.05) is 13.8 Å². The third kappa shape index (κ3) is 6.32. The first-order valence-electron chi connectivity index (χ1n) is 7.73. The van der Waals surface area contributed by atoms with Crippen LogP contribution in [-0.2, 0) is 19.0 Å². The van der Waals surface area contributed by atoms with Crippen LogP contribution in [0.5, 0.6) is 0 Å². The van der Waals surface area contributed by atoms with E-state index in [1.54, 1.807) is 0 Å². The first kappa shape index (κ1) is 18.4. The summed E-state index contributed by atoms with van der Waals surface area (Å²) in [5.74, 6) is -0.837. The highest BCUT2D eigenvalue weighted by Crippen LogP contribution is 2.31. The molecule has 124 valence electrons. The van der Waals surface area contributed by atoms with Crippen LogP contribution in [0.25, 0.3) is 0 Å². The average molecular weight is 301 g/mol. The minimum absolute atomic E-state index is 0.0707. The second-order valence-corrected chi connectivity index (χ2v) is 7.52. The van der Waals surface area contributed by atoms with E-state index in [2.05, 4.69) is 5.32 Å². The molecule has 0 bridgehead atoms. The molecule has 3 atom stereocenters. The molecular formula is C16H31NO4. The number of esters is 1. The topological polar surface area (TPSA) is 56.8 Å². The van der Waals surface area contributed by atoms with E-state index < -0.39 is 11.4 Å². The van der Waals surface area contributed by atoms with Crippen molar-refractivity contribution in [2.45, 2.75) is 97.5 Å². The average Bonchev–Trinajstić information content (AvgIpc) is 2.47. The van der Waals surface area contributed by atoms with Crippen molar-refractivity contribution in [3.63, 3.8) is 0 Å². The summed E-state index contributed by atoms with van der Waals surface area (Å²) in [5.41, 5.74) is -0.475. The molecular weight excluding hydrogens is 270 g/mol. The molecule has 5 heteroatoms. The fourth-order valence-electron chi connectivity index (χ4n) is 2.64. The van der Waals surface area contributed by atoms with Crippen molar-refractivity contribution in [2.24, 2.45) is 0 Å². The second-order valence-electron chi connectivity index (χ2n) is 7.52. The van der Waals surface area contributed by atoms with Gasteiger partial charge in [-0.25, -0.2) is 0 Å². The third-order valence-corrected chi connectivity index (χ3v) is 3.10. The molecule has 5 nitrogen and oxygen atoms in total. The van der Waals surface area contributed by atoms with Gasteiger partial charge in [-0.3, -0.25) is 4.79 Å². The largest absolute Gasteiger partial charge is 0.460 e. The van der Waals surface area contributed by atoms with Gasteiger partial charge in [-0.15, -0.1) is 0 Å². The van der Waals surface area contributed by atoms with Gasteiger partial charge in [0.05, 0.1) is 12.5 Å². The minimum atomic E-state index is -0.616. The van der Waals surface area contributed by atoms with Gasteiger partial charge in [0.1, 0.15) is 11.7 Å². The summed E-state index contributed by atoms with van der Waals surface area (Å²) in [6.07, 6.45) is 0.0257. The number of ether oxygens (including phenoxy) is 3. The minimum Gasteiger partial charge on any atom is -0.460 e. The van der Waals surface area contributed by atoms with Crippen molar-refractivity contribution in [2.75, 3.05) is 0 Å². The van der Waals surface area contributed by atoms with Crippen LogP contribution in [0.4, 0.5) is 0 Å². The SMILES string of the molecule is CC(C)N[C@H](CC(=O)OC(C)(C)C)[C@@H]1OC(C)(C)O[C@H]1C. The van der Waals surface area contributed by atoms with Crippen LogP contribution < -0.4 is 5.32 Å². The molecule has 0 spiro atoms. The number of rotatable bonds is 5. The maximum atomic E-state index is 12.1. The summed E-state index contributed by atoms with van der Waals surface area (Å²) in [6, 6.07) is 0.119. The van der Waals surface area contributed by atoms with Crippen molar-refractivity contribution in [1.29, 1.82) is 0 Å². The van der Waals surface area contributed by atoms with Gasteiger partial charge >= 0.3 is 5.97 Å². The quantitative estimate of drug-likeness (QED) is 0.791. The molecule has 21 heavy (non-hydrogen) atoms. The summed E-state index contributed by atoms with van der Waals surface area (Å²) in [6.45, 7) is 15.5. The molecule has 1 saturated heterocycles. The van der Waals surface area contributed by atoms with Crippen LogP contribution in [0.2, 0.25) is 0 Å². The Kier molecular flexibility index (Phi) is 5.81. The van der Waals surface area contributed by atoms with Gasteiger partial charge < -0.3 is 19.5 Å². The lowest BCUT2D eigenvalue weighted by Gasteiger charge is -2.29. The van der Waals surface area contributed by atoms with E-state index in [-0.39, 0.29) is 36.7 Å². The maximum absolute atomic E-state index is 12.1. The standard InChI is InChI=1S/C16H31NO4/c1-10(2)17-12(9-13(18)20-15(4,5)6)14-11(3)19-16(7,8)21-14/h10-12,14,17H,9H2,1-8H3/t11-,12+,14+/m0/s1. The van der Waals surface area contributed by atoms with E-state index in [1.165, 1.54) is 0 Å². The molecule has 0 unspecified atom stereocenters. The van der Waals surface area contributed by atoms with Crippen LogP contribution in [0.15, 0.2) is 0 Å². The summed E-state index contributed by atoms with van der Waals surface area (Å²) in [4.78, 5) is 12.1. The Bertz CT molecular complexity index is 360. The van der Waals surface area contributed by atoms with E-state index in [9.17, 15) is 4.79 Å². The highest BCUT2D eigenvalue weighted by Gasteiger charge is 2.43. The van der Waals surface area contributed by atoms with Crippen LogP contribution in [0.1, 0.15) is 61.8 Å². The Balaban J connectivity index is 2.75. The summed E-state index contributed by atoms with van der Waals surface area (Å²) in [5, 5.41) is 3.40. The molecule has 1 aliphatic rings. The third-order valence-electron chi connectivity index (χ3n) is 3.10. The van der Waals surface area contributed by atoms with E-state index in [0.717, 1.165) is 0 Å². The van der Waals surface area contributed by atoms with E-state index in [0.29, 0.717) is 0 Å². The zero-order valence-electron chi connectivity index (χ0n) is 14.6. The predicted octanol–water partition coefficient (Wildman–Crippen LogP) is 2.62. The number of hydrogen-bond donors (Lipinski definition) is 1. The molecule has 1 aliphatic heterocycles. The van der Waals surface area contributed by atoms with Crippen LogP contribution in [0.3, 0.4) is 0 Å².